The molecule has 1 unspecified atom stereocenters. The molecule has 8 heteroatoms. The predicted molar refractivity (Wildman–Crippen MR) is 108 cm³/mol. The fourth-order valence-corrected chi connectivity index (χ4v) is 4.95. The van der Waals surface area contributed by atoms with Crippen molar-refractivity contribution < 1.29 is 13.3 Å². The summed E-state index contributed by atoms with van der Waals surface area (Å²) in [6, 6.07) is 13.6. The van der Waals surface area contributed by atoms with Gasteiger partial charge in [-0.1, -0.05) is 29.8 Å². The maximum Gasteiger partial charge on any atom is 0.269 e. The highest BCUT2D eigenvalue weighted by Crippen LogP contribution is 2.24. The van der Waals surface area contributed by atoms with E-state index in [9.17, 15) is 18.5 Å². The Labute approximate surface area is 165 Å². The van der Waals surface area contributed by atoms with Crippen LogP contribution in [0, 0.1) is 17.0 Å². The SMILES string of the molecule is Cc1ccc(S(=O)(=O)N2CCC(NC(C)c3cccc([N+](=O)[O-])c3)CC2)cc1. The van der Waals surface area contributed by atoms with Gasteiger partial charge in [0.05, 0.1) is 9.82 Å². The number of nitrogens with zero attached hydrogens (tertiary/aromatic N) is 2. The van der Waals surface area contributed by atoms with Gasteiger partial charge in [0.1, 0.15) is 0 Å². The Balaban J connectivity index is 1.60. The van der Waals surface area contributed by atoms with Gasteiger partial charge in [-0.2, -0.15) is 4.31 Å². The third kappa shape index (κ3) is 4.57. The van der Waals surface area contributed by atoms with Crippen molar-refractivity contribution in [2.45, 2.75) is 43.7 Å². The van der Waals surface area contributed by atoms with Crippen LogP contribution in [0.2, 0.25) is 0 Å². The molecule has 0 spiro atoms. The van der Waals surface area contributed by atoms with E-state index in [1.807, 2.05) is 32.0 Å². The minimum absolute atomic E-state index is 0.0508. The van der Waals surface area contributed by atoms with E-state index in [1.165, 1.54) is 10.4 Å². The van der Waals surface area contributed by atoms with E-state index in [-0.39, 0.29) is 17.8 Å². The number of rotatable bonds is 6. The molecule has 2 aromatic rings. The van der Waals surface area contributed by atoms with Crippen LogP contribution in [-0.2, 0) is 10.0 Å². The lowest BCUT2D eigenvalue weighted by Crippen LogP contribution is -2.45. The number of hydrogen-bond acceptors (Lipinski definition) is 5. The van der Waals surface area contributed by atoms with Crippen LogP contribution in [0.3, 0.4) is 0 Å². The van der Waals surface area contributed by atoms with Gasteiger partial charge in [-0.25, -0.2) is 8.42 Å². The highest BCUT2D eigenvalue weighted by molar-refractivity contribution is 7.89. The van der Waals surface area contributed by atoms with Crippen LogP contribution in [0.1, 0.15) is 36.9 Å². The molecule has 1 N–H and O–H groups in total. The van der Waals surface area contributed by atoms with Crippen LogP contribution >= 0.6 is 0 Å². The van der Waals surface area contributed by atoms with E-state index in [4.69, 9.17) is 0 Å². The largest absolute Gasteiger partial charge is 0.307 e. The van der Waals surface area contributed by atoms with E-state index < -0.39 is 14.9 Å². The molecule has 0 radical (unpaired) electrons. The highest BCUT2D eigenvalue weighted by atomic mass is 32.2. The van der Waals surface area contributed by atoms with Gasteiger partial charge in [-0.05, 0) is 44.4 Å². The van der Waals surface area contributed by atoms with Crippen molar-refractivity contribution in [1.82, 2.24) is 9.62 Å². The average molecular weight is 404 g/mol. The molecule has 3 rings (SSSR count). The standard InChI is InChI=1S/C20H25N3O4S/c1-15-6-8-20(9-7-15)28(26,27)22-12-10-18(11-13-22)21-16(2)17-4-3-5-19(14-17)23(24)25/h3-9,14,16,18,21H,10-13H2,1-2H3. The van der Waals surface area contributed by atoms with Gasteiger partial charge in [0.25, 0.3) is 5.69 Å². The second-order valence-electron chi connectivity index (χ2n) is 7.23. The highest BCUT2D eigenvalue weighted by Gasteiger charge is 2.29. The zero-order valence-corrected chi connectivity index (χ0v) is 16.9. The molecule has 1 heterocycles. The van der Waals surface area contributed by atoms with E-state index in [2.05, 4.69) is 5.32 Å². The molecule has 2 aromatic carbocycles. The number of hydrogen-bond donors (Lipinski definition) is 1. The number of nitrogens with one attached hydrogen (secondary N) is 1. The summed E-state index contributed by atoms with van der Waals surface area (Å²) in [6.45, 7) is 4.80. The Hall–Kier alpha value is -2.29. The summed E-state index contributed by atoms with van der Waals surface area (Å²) in [7, 11) is -3.47. The quantitative estimate of drug-likeness (QED) is 0.589. The zero-order chi connectivity index (χ0) is 20.3. The maximum absolute atomic E-state index is 12.8. The molecule has 0 aliphatic carbocycles. The Kier molecular flexibility index (Phi) is 6.12. The van der Waals surface area contributed by atoms with Crippen LogP contribution in [0.4, 0.5) is 5.69 Å². The smallest absolute Gasteiger partial charge is 0.269 e. The van der Waals surface area contributed by atoms with Crippen molar-refractivity contribution in [3.8, 4) is 0 Å². The Bertz CT molecular complexity index is 936. The van der Waals surface area contributed by atoms with Gasteiger partial charge in [-0.3, -0.25) is 10.1 Å². The van der Waals surface area contributed by atoms with Crippen LogP contribution in [0.15, 0.2) is 53.4 Å². The molecule has 0 amide bonds. The molecule has 7 nitrogen and oxygen atoms in total. The summed E-state index contributed by atoms with van der Waals surface area (Å²) in [5, 5.41) is 14.4. The molecule has 1 fully saturated rings. The molecule has 1 aliphatic rings. The van der Waals surface area contributed by atoms with Gasteiger partial charge >= 0.3 is 0 Å². The molecule has 0 bridgehead atoms. The first kappa shape index (κ1) is 20.4. The van der Waals surface area contributed by atoms with Crippen LogP contribution in [-0.4, -0.2) is 36.8 Å². The minimum atomic E-state index is -3.47. The van der Waals surface area contributed by atoms with Gasteiger partial charge in [0.15, 0.2) is 0 Å². The van der Waals surface area contributed by atoms with Crippen molar-refractivity contribution >= 4 is 15.7 Å². The van der Waals surface area contributed by atoms with E-state index in [0.717, 1.165) is 11.1 Å². The maximum atomic E-state index is 12.8. The third-order valence-corrected chi connectivity index (χ3v) is 7.09. The van der Waals surface area contributed by atoms with E-state index >= 15 is 0 Å². The minimum Gasteiger partial charge on any atom is -0.307 e. The first-order valence-corrected chi connectivity index (χ1v) is 10.8. The average Bonchev–Trinajstić information content (AvgIpc) is 2.69. The first-order chi connectivity index (χ1) is 13.3. The van der Waals surface area contributed by atoms with Crippen molar-refractivity contribution in [3.63, 3.8) is 0 Å². The van der Waals surface area contributed by atoms with Crippen LogP contribution in [0.5, 0.6) is 0 Å². The van der Waals surface area contributed by atoms with Crippen LogP contribution < -0.4 is 5.32 Å². The van der Waals surface area contributed by atoms with Crippen molar-refractivity contribution in [1.29, 1.82) is 0 Å². The lowest BCUT2D eigenvalue weighted by atomic mass is 10.0. The first-order valence-electron chi connectivity index (χ1n) is 9.34. The van der Waals surface area contributed by atoms with Crippen LogP contribution in [0.25, 0.3) is 0 Å². The summed E-state index contributed by atoms with van der Waals surface area (Å²) < 4.78 is 27.1. The fourth-order valence-electron chi connectivity index (χ4n) is 3.48. The van der Waals surface area contributed by atoms with Crippen molar-refractivity contribution in [3.05, 3.63) is 69.8 Å². The Morgan fingerprint density at radius 1 is 1.14 bits per heavy atom. The van der Waals surface area contributed by atoms with E-state index in [1.54, 1.807) is 24.3 Å². The predicted octanol–water partition coefficient (Wildman–Crippen LogP) is 3.41. The molecule has 28 heavy (non-hydrogen) atoms. The second-order valence-corrected chi connectivity index (χ2v) is 9.17. The molecule has 150 valence electrons. The summed E-state index contributed by atoms with van der Waals surface area (Å²) in [6.07, 6.45) is 1.40. The second kappa shape index (κ2) is 8.38. The number of piperidine rings is 1. The lowest BCUT2D eigenvalue weighted by molar-refractivity contribution is -0.384. The molecule has 1 saturated heterocycles. The summed E-state index contributed by atoms with van der Waals surface area (Å²) in [4.78, 5) is 10.9. The Morgan fingerprint density at radius 3 is 2.39 bits per heavy atom. The molecule has 1 atom stereocenters. The monoisotopic (exact) mass is 403 g/mol. The van der Waals surface area contributed by atoms with E-state index in [0.29, 0.717) is 30.8 Å². The molecular weight excluding hydrogens is 378 g/mol. The lowest BCUT2D eigenvalue weighted by Gasteiger charge is -2.33. The topological polar surface area (TPSA) is 92.6 Å². The third-order valence-electron chi connectivity index (χ3n) is 5.18. The van der Waals surface area contributed by atoms with Gasteiger partial charge in [-0.15, -0.1) is 0 Å². The van der Waals surface area contributed by atoms with Crippen molar-refractivity contribution in [2.24, 2.45) is 0 Å². The number of nitro benzene ring substituents is 1. The zero-order valence-electron chi connectivity index (χ0n) is 16.0. The normalized spacial score (nSPS) is 17.4. The molecule has 0 aromatic heterocycles. The summed E-state index contributed by atoms with van der Waals surface area (Å²) in [5.41, 5.74) is 1.95. The van der Waals surface area contributed by atoms with Gasteiger partial charge in [0.2, 0.25) is 10.0 Å². The number of nitro groups is 1. The number of benzene rings is 2. The molecular formula is C20H25N3O4S. The number of non-ortho nitro benzene ring substituents is 1. The van der Waals surface area contributed by atoms with Gasteiger partial charge in [0, 0.05) is 37.3 Å². The fraction of sp³-hybridized carbons (Fsp3) is 0.400. The molecule has 0 saturated carbocycles. The summed E-state index contributed by atoms with van der Waals surface area (Å²) in [5.74, 6) is 0. The Morgan fingerprint density at radius 2 is 1.79 bits per heavy atom. The number of sulfonamides is 1. The van der Waals surface area contributed by atoms with Gasteiger partial charge < -0.3 is 5.32 Å². The number of aryl methyl sites for hydroxylation is 1. The molecule has 1 aliphatic heterocycles. The van der Waals surface area contributed by atoms with Crippen molar-refractivity contribution in [2.75, 3.05) is 13.1 Å². The summed E-state index contributed by atoms with van der Waals surface area (Å²) >= 11 is 0.